The van der Waals surface area contributed by atoms with Crippen molar-refractivity contribution in [3.05, 3.63) is 0 Å². The average molecular weight is 282 g/mol. The minimum Gasteiger partial charge on any atom is -0.314 e. The first kappa shape index (κ1) is 18.0. The van der Waals surface area contributed by atoms with Gasteiger partial charge in [-0.1, -0.05) is 84.5 Å². The molecule has 0 aliphatic carbocycles. The quantitative estimate of drug-likeness (QED) is 0.428. The monoisotopic (exact) mass is 281 g/mol. The molecule has 1 nitrogen and oxygen atoms in total. The molecule has 0 bridgehead atoms. The van der Waals surface area contributed by atoms with Gasteiger partial charge in [0.1, 0.15) is 0 Å². The number of hydrogen-bond donors (Lipinski definition) is 1. The van der Waals surface area contributed by atoms with Gasteiger partial charge in [0.2, 0.25) is 0 Å². The van der Waals surface area contributed by atoms with Gasteiger partial charge in [0.25, 0.3) is 0 Å². The fourth-order valence-electron chi connectivity index (χ4n) is 3.56. The molecule has 0 saturated carbocycles. The summed E-state index contributed by atoms with van der Waals surface area (Å²) < 4.78 is 0. The Bertz CT molecular complexity index is 202. The normalized spacial score (nSPS) is 23.1. The van der Waals surface area contributed by atoms with Crippen LogP contribution in [0.15, 0.2) is 0 Å². The van der Waals surface area contributed by atoms with E-state index in [4.69, 9.17) is 0 Å². The molecule has 0 amide bonds. The van der Waals surface area contributed by atoms with Crippen molar-refractivity contribution in [3.8, 4) is 0 Å². The summed E-state index contributed by atoms with van der Waals surface area (Å²) in [6, 6.07) is 0.836. The summed E-state index contributed by atoms with van der Waals surface area (Å²) in [5, 5.41) is 3.71. The Morgan fingerprint density at radius 1 is 0.800 bits per heavy atom. The van der Waals surface area contributed by atoms with Crippen molar-refractivity contribution >= 4 is 0 Å². The van der Waals surface area contributed by atoms with E-state index in [1.54, 1.807) is 0 Å². The Morgan fingerprint density at radius 3 is 2.00 bits per heavy atom. The molecule has 0 radical (unpaired) electrons. The summed E-state index contributed by atoms with van der Waals surface area (Å²) in [5.74, 6) is 1.00. The highest BCUT2D eigenvalue weighted by molar-refractivity contribution is 4.77. The van der Waals surface area contributed by atoms with Gasteiger partial charge < -0.3 is 5.32 Å². The molecule has 1 heteroatoms. The summed E-state index contributed by atoms with van der Waals surface area (Å²) in [6.45, 7) is 5.92. The van der Waals surface area contributed by atoms with Crippen molar-refractivity contribution in [3.63, 3.8) is 0 Å². The molecule has 0 spiro atoms. The van der Waals surface area contributed by atoms with Gasteiger partial charge in [-0.2, -0.15) is 0 Å². The molecule has 0 aromatic rings. The van der Waals surface area contributed by atoms with E-state index in [0.717, 1.165) is 12.0 Å². The van der Waals surface area contributed by atoms with Crippen LogP contribution in [0, 0.1) is 5.92 Å². The summed E-state index contributed by atoms with van der Waals surface area (Å²) in [5.41, 5.74) is 0. The summed E-state index contributed by atoms with van der Waals surface area (Å²) in [6.07, 6.45) is 20.2. The lowest BCUT2D eigenvalue weighted by atomic mass is 9.88. The number of rotatable bonds is 12. The van der Waals surface area contributed by atoms with E-state index in [1.165, 1.54) is 96.4 Å². The lowest BCUT2D eigenvalue weighted by Crippen LogP contribution is -2.37. The third-order valence-electron chi connectivity index (χ3n) is 5.09. The van der Waals surface area contributed by atoms with Gasteiger partial charge in [-0.15, -0.1) is 0 Å². The van der Waals surface area contributed by atoms with Crippen LogP contribution in [0.1, 0.15) is 104 Å². The van der Waals surface area contributed by atoms with Crippen LogP contribution < -0.4 is 5.32 Å². The van der Waals surface area contributed by atoms with E-state index >= 15 is 0 Å². The van der Waals surface area contributed by atoms with Crippen LogP contribution in [0.5, 0.6) is 0 Å². The van der Waals surface area contributed by atoms with Crippen LogP contribution in [0.3, 0.4) is 0 Å². The minimum atomic E-state index is 0.836. The van der Waals surface area contributed by atoms with Crippen molar-refractivity contribution < 1.29 is 0 Å². The van der Waals surface area contributed by atoms with E-state index in [1.807, 2.05) is 0 Å². The van der Waals surface area contributed by atoms with Gasteiger partial charge in [-0.3, -0.25) is 0 Å². The zero-order valence-corrected chi connectivity index (χ0v) is 14.3. The second kappa shape index (κ2) is 12.7. The number of unbranched alkanes of at least 4 members (excludes halogenated alkanes) is 9. The van der Waals surface area contributed by atoms with Crippen molar-refractivity contribution in [2.75, 3.05) is 6.54 Å². The predicted molar refractivity (Wildman–Crippen MR) is 91.3 cm³/mol. The Labute approximate surface area is 128 Å². The standard InChI is InChI=1S/C19H39N/c1-3-5-6-7-8-9-10-11-12-13-14-19-17-18(4-2)15-16-20-19/h18-20H,3-17H2,1-2H3. The molecule has 1 aliphatic heterocycles. The lowest BCUT2D eigenvalue weighted by molar-refractivity contribution is 0.280. The van der Waals surface area contributed by atoms with Crippen LogP contribution in [-0.4, -0.2) is 12.6 Å². The smallest absolute Gasteiger partial charge is 0.00697 e. The van der Waals surface area contributed by atoms with Crippen LogP contribution in [0.25, 0.3) is 0 Å². The van der Waals surface area contributed by atoms with E-state index < -0.39 is 0 Å². The maximum Gasteiger partial charge on any atom is 0.00697 e. The first-order valence-corrected chi connectivity index (χ1v) is 9.60. The van der Waals surface area contributed by atoms with Crippen molar-refractivity contribution in [1.29, 1.82) is 0 Å². The third-order valence-corrected chi connectivity index (χ3v) is 5.09. The van der Waals surface area contributed by atoms with Crippen molar-refractivity contribution in [2.24, 2.45) is 5.92 Å². The molecular weight excluding hydrogens is 242 g/mol. The summed E-state index contributed by atoms with van der Waals surface area (Å²) in [7, 11) is 0. The Morgan fingerprint density at radius 2 is 1.40 bits per heavy atom. The zero-order chi connectivity index (χ0) is 14.5. The molecule has 1 rings (SSSR count). The lowest BCUT2D eigenvalue weighted by Gasteiger charge is -2.29. The number of nitrogens with one attached hydrogen (secondary N) is 1. The predicted octanol–water partition coefficient (Wildman–Crippen LogP) is 6.08. The Kier molecular flexibility index (Phi) is 11.4. The van der Waals surface area contributed by atoms with Gasteiger partial charge in [0, 0.05) is 6.04 Å². The molecule has 2 unspecified atom stereocenters. The van der Waals surface area contributed by atoms with Gasteiger partial charge in [0.05, 0.1) is 0 Å². The molecule has 1 aliphatic rings. The first-order valence-electron chi connectivity index (χ1n) is 9.60. The van der Waals surface area contributed by atoms with E-state index in [-0.39, 0.29) is 0 Å². The van der Waals surface area contributed by atoms with Crippen LogP contribution in [0.4, 0.5) is 0 Å². The molecule has 120 valence electrons. The molecule has 1 N–H and O–H groups in total. The van der Waals surface area contributed by atoms with E-state index in [0.29, 0.717) is 0 Å². The molecule has 1 saturated heterocycles. The molecule has 20 heavy (non-hydrogen) atoms. The molecule has 0 aromatic carbocycles. The van der Waals surface area contributed by atoms with Crippen LogP contribution in [-0.2, 0) is 0 Å². The maximum absolute atomic E-state index is 3.71. The Hall–Kier alpha value is -0.0400. The SMILES string of the molecule is CCCCCCCCCCCCC1CC(CC)CCN1. The second-order valence-electron chi connectivity index (χ2n) is 6.92. The van der Waals surface area contributed by atoms with Crippen molar-refractivity contribution in [2.45, 2.75) is 110 Å². The number of piperidine rings is 1. The van der Waals surface area contributed by atoms with Crippen molar-refractivity contribution in [1.82, 2.24) is 5.32 Å². The summed E-state index contributed by atoms with van der Waals surface area (Å²) in [4.78, 5) is 0. The first-order chi connectivity index (χ1) is 9.86. The fourth-order valence-corrected chi connectivity index (χ4v) is 3.56. The third kappa shape index (κ3) is 9.00. The molecular formula is C19H39N. The van der Waals surface area contributed by atoms with Gasteiger partial charge in [0.15, 0.2) is 0 Å². The van der Waals surface area contributed by atoms with Gasteiger partial charge in [-0.05, 0) is 31.7 Å². The van der Waals surface area contributed by atoms with Crippen LogP contribution >= 0.6 is 0 Å². The largest absolute Gasteiger partial charge is 0.314 e. The Balaban J connectivity index is 1.82. The molecule has 2 atom stereocenters. The van der Waals surface area contributed by atoms with E-state index in [2.05, 4.69) is 19.2 Å². The second-order valence-corrected chi connectivity index (χ2v) is 6.92. The molecule has 0 aromatic heterocycles. The highest BCUT2D eigenvalue weighted by Gasteiger charge is 2.19. The topological polar surface area (TPSA) is 12.0 Å². The van der Waals surface area contributed by atoms with Gasteiger partial charge in [-0.25, -0.2) is 0 Å². The zero-order valence-electron chi connectivity index (χ0n) is 14.3. The highest BCUT2D eigenvalue weighted by Crippen LogP contribution is 2.22. The number of hydrogen-bond acceptors (Lipinski definition) is 1. The van der Waals surface area contributed by atoms with Gasteiger partial charge >= 0.3 is 0 Å². The highest BCUT2D eigenvalue weighted by atomic mass is 14.9. The minimum absolute atomic E-state index is 0.836. The molecule has 1 heterocycles. The maximum atomic E-state index is 3.71. The molecule has 1 fully saturated rings. The van der Waals surface area contributed by atoms with Crippen LogP contribution in [0.2, 0.25) is 0 Å². The fraction of sp³-hybridized carbons (Fsp3) is 1.00. The van der Waals surface area contributed by atoms with E-state index in [9.17, 15) is 0 Å². The summed E-state index contributed by atoms with van der Waals surface area (Å²) >= 11 is 0. The average Bonchev–Trinajstić information content (AvgIpc) is 2.49.